The van der Waals surface area contributed by atoms with E-state index in [4.69, 9.17) is 33.2 Å². The number of aliphatic hydroxyl groups excluding tert-OH is 13. The predicted octanol–water partition coefficient (Wildman–Crippen LogP) is -9.61. The van der Waals surface area contributed by atoms with Gasteiger partial charge in [-0.15, -0.1) is 0 Å². The molecule has 14 N–H and O–H groups in total. The Hall–Kier alpha value is -1.33. The molecule has 0 radical (unpaired) electrons. The molecule has 4 heterocycles. The van der Waals surface area contributed by atoms with Crippen LogP contribution in [0.2, 0.25) is 0 Å². The van der Waals surface area contributed by atoms with Crippen LogP contribution >= 0.6 is 0 Å². The van der Waals surface area contributed by atoms with Gasteiger partial charge in [0.15, 0.2) is 25.2 Å². The maximum absolute atomic E-state index is 11.6. The van der Waals surface area contributed by atoms with Crippen LogP contribution in [0.5, 0.6) is 0 Å². The standard InChI is InChI=1S/C26H45NO21/c1-6(32)27-11-13(34)20(8(3-29)42-23(11)41)46-25-18(39)15(36)22(10(5-31)44-25)48-26-19(40)16(37)21(9(4-30)45-26)47-24-17(38)14(35)12(33)7(2-28)43-24/h7-26,28-31,33-41H,2-5H2,1H3,(H,27,32)/t7-,8-,9-,10-,11-,12+,13-,14+,15-,16-,17-,18-,19-,20-,21+,22+,23-,24+,25+,26+/m1/s1. The van der Waals surface area contributed by atoms with Crippen molar-refractivity contribution in [3.63, 3.8) is 0 Å². The van der Waals surface area contributed by atoms with Crippen molar-refractivity contribution in [3.05, 3.63) is 0 Å². The molecule has 280 valence electrons. The third-order valence-electron chi connectivity index (χ3n) is 8.61. The van der Waals surface area contributed by atoms with Crippen molar-refractivity contribution >= 4 is 5.91 Å². The highest BCUT2D eigenvalue weighted by molar-refractivity contribution is 5.73. The minimum atomic E-state index is -2.03. The highest BCUT2D eigenvalue weighted by atomic mass is 16.8. The molecule has 0 spiro atoms. The van der Waals surface area contributed by atoms with Crippen molar-refractivity contribution in [2.45, 2.75) is 130 Å². The van der Waals surface area contributed by atoms with Crippen LogP contribution in [0.15, 0.2) is 0 Å². The number of carbonyl (C=O) groups excluding carboxylic acids is 1. The van der Waals surface area contributed by atoms with Crippen molar-refractivity contribution in [3.8, 4) is 0 Å². The van der Waals surface area contributed by atoms with E-state index in [1.807, 2.05) is 0 Å². The second-order valence-corrected chi connectivity index (χ2v) is 11.9. The summed E-state index contributed by atoms with van der Waals surface area (Å²) < 4.78 is 38.2. The fourth-order valence-corrected chi connectivity index (χ4v) is 5.95. The molecule has 48 heavy (non-hydrogen) atoms. The molecule has 0 aromatic heterocycles. The van der Waals surface area contributed by atoms with E-state index in [1.165, 1.54) is 0 Å². The second-order valence-electron chi connectivity index (χ2n) is 11.9. The van der Waals surface area contributed by atoms with Gasteiger partial charge >= 0.3 is 0 Å². The minimum Gasteiger partial charge on any atom is -0.394 e. The summed E-state index contributed by atoms with van der Waals surface area (Å²) in [4.78, 5) is 11.6. The molecule has 4 fully saturated rings. The second kappa shape index (κ2) is 16.8. The Bertz CT molecular complexity index is 1020. The van der Waals surface area contributed by atoms with Crippen LogP contribution < -0.4 is 5.32 Å². The summed E-state index contributed by atoms with van der Waals surface area (Å²) in [5, 5.41) is 136. The largest absolute Gasteiger partial charge is 0.394 e. The quantitative estimate of drug-likeness (QED) is 0.0947. The van der Waals surface area contributed by atoms with Crippen LogP contribution in [0, 0.1) is 0 Å². The lowest BCUT2D eigenvalue weighted by atomic mass is 9.95. The number of rotatable bonds is 11. The lowest BCUT2D eigenvalue weighted by molar-refractivity contribution is -0.385. The maximum atomic E-state index is 11.6. The van der Waals surface area contributed by atoms with Crippen molar-refractivity contribution in [1.29, 1.82) is 0 Å². The lowest BCUT2D eigenvalue weighted by Gasteiger charge is -2.49. The van der Waals surface area contributed by atoms with Crippen molar-refractivity contribution in [2.24, 2.45) is 0 Å². The van der Waals surface area contributed by atoms with E-state index in [2.05, 4.69) is 5.32 Å². The molecule has 0 bridgehead atoms. The van der Waals surface area contributed by atoms with E-state index < -0.39 is 155 Å². The van der Waals surface area contributed by atoms with Gasteiger partial charge in [-0.2, -0.15) is 0 Å². The average molecular weight is 708 g/mol. The van der Waals surface area contributed by atoms with E-state index >= 15 is 0 Å². The number of aliphatic hydroxyl groups is 13. The lowest BCUT2D eigenvalue weighted by Crippen LogP contribution is -2.68. The van der Waals surface area contributed by atoms with Crippen LogP contribution in [-0.4, -0.2) is 221 Å². The zero-order valence-electron chi connectivity index (χ0n) is 25.5. The fraction of sp³-hybridized carbons (Fsp3) is 0.962. The summed E-state index contributed by atoms with van der Waals surface area (Å²) in [5.74, 6) is -0.653. The molecule has 0 unspecified atom stereocenters. The molecule has 0 saturated carbocycles. The zero-order valence-corrected chi connectivity index (χ0v) is 25.5. The number of hydrogen-bond acceptors (Lipinski definition) is 21. The maximum Gasteiger partial charge on any atom is 0.217 e. The zero-order chi connectivity index (χ0) is 35.6. The predicted molar refractivity (Wildman–Crippen MR) is 145 cm³/mol. The third kappa shape index (κ3) is 8.08. The third-order valence-corrected chi connectivity index (χ3v) is 8.61. The SMILES string of the molecule is CC(=O)N[C@@H]1[C@@H](O)[C@H](O[C@@H]2O[C@H](CO)[C@H](O[C@@H]3O[C@H](CO)[C@H](O[C@@H]4O[C@H](CO)[C@H](O)[C@H](O)[C@H]4O)[C@H](O)[C@H]3O)[C@H](O)[C@H]2O)[C@@H](CO)O[C@H]1O. The summed E-state index contributed by atoms with van der Waals surface area (Å²) >= 11 is 0. The molecule has 0 aromatic rings. The van der Waals surface area contributed by atoms with Crippen molar-refractivity contribution < 1.29 is 104 Å². The highest BCUT2D eigenvalue weighted by Gasteiger charge is 2.55. The van der Waals surface area contributed by atoms with Crippen LogP contribution in [0.4, 0.5) is 0 Å². The summed E-state index contributed by atoms with van der Waals surface area (Å²) in [7, 11) is 0. The molecule has 22 heteroatoms. The molecule has 4 rings (SSSR count). The first kappa shape index (κ1) is 39.5. The molecule has 22 nitrogen and oxygen atoms in total. The molecule has 4 aliphatic rings. The van der Waals surface area contributed by atoms with E-state index in [0.717, 1.165) is 6.92 Å². The molecule has 4 saturated heterocycles. The van der Waals surface area contributed by atoms with Crippen LogP contribution in [0.25, 0.3) is 0 Å². The number of carbonyl (C=O) groups is 1. The van der Waals surface area contributed by atoms with Gasteiger partial charge in [-0.1, -0.05) is 0 Å². The van der Waals surface area contributed by atoms with Gasteiger partial charge in [-0.25, -0.2) is 0 Å². The van der Waals surface area contributed by atoms with Crippen LogP contribution in [0.3, 0.4) is 0 Å². The van der Waals surface area contributed by atoms with Gasteiger partial charge in [0, 0.05) is 6.92 Å². The summed E-state index contributed by atoms with van der Waals surface area (Å²) in [5.41, 5.74) is 0. The molecule has 4 aliphatic heterocycles. The normalized spacial score (nSPS) is 50.2. The molecule has 1 amide bonds. The molecule has 0 aliphatic carbocycles. The monoisotopic (exact) mass is 707 g/mol. The molecule has 20 atom stereocenters. The van der Waals surface area contributed by atoms with E-state index in [-0.39, 0.29) is 0 Å². The molecular formula is C26H45NO21. The Labute approximate surface area is 272 Å². The van der Waals surface area contributed by atoms with Crippen molar-refractivity contribution in [2.75, 3.05) is 26.4 Å². The van der Waals surface area contributed by atoms with Gasteiger partial charge in [-0.05, 0) is 0 Å². The first-order chi connectivity index (χ1) is 22.7. The number of nitrogens with one attached hydrogen (secondary N) is 1. The Morgan fingerprint density at radius 1 is 0.500 bits per heavy atom. The van der Waals surface area contributed by atoms with Gasteiger partial charge in [0.05, 0.1) is 26.4 Å². The van der Waals surface area contributed by atoms with E-state index in [9.17, 15) is 71.2 Å². The van der Waals surface area contributed by atoms with E-state index in [0.29, 0.717) is 0 Å². The first-order valence-electron chi connectivity index (χ1n) is 15.1. The number of amides is 1. The Morgan fingerprint density at radius 2 is 0.854 bits per heavy atom. The Kier molecular flexibility index (Phi) is 13.8. The molecular weight excluding hydrogens is 662 g/mol. The minimum absolute atomic E-state index is 0.653. The van der Waals surface area contributed by atoms with Gasteiger partial charge < -0.3 is 105 Å². The Balaban J connectivity index is 1.44. The highest BCUT2D eigenvalue weighted by Crippen LogP contribution is 2.34. The summed E-state index contributed by atoms with van der Waals surface area (Å²) in [6.45, 7) is -2.30. The number of ether oxygens (including phenoxy) is 7. The van der Waals surface area contributed by atoms with Crippen LogP contribution in [0.1, 0.15) is 6.92 Å². The van der Waals surface area contributed by atoms with Crippen molar-refractivity contribution in [1.82, 2.24) is 5.32 Å². The van der Waals surface area contributed by atoms with Crippen LogP contribution in [-0.2, 0) is 38.0 Å². The van der Waals surface area contributed by atoms with Gasteiger partial charge in [0.25, 0.3) is 0 Å². The van der Waals surface area contributed by atoms with Gasteiger partial charge in [0.1, 0.15) is 97.6 Å². The smallest absolute Gasteiger partial charge is 0.217 e. The fourth-order valence-electron chi connectivity index (χ4n) is 5.95. The molecule has 0 aromatic carbocycles. The topological polar surface area (TPSA) is 357 Å². The summed E-state index contributed by atoms with van der Waals surface area (Å²) in [6, 6.07) is -1.44. The number of hydrogen-bond donors (Lipinski definition) is 14. The first-order valence-corrected chi connectivity index (χ1v) is 15.1. The van der Waals surface area contributed by atoms with Gasteiger partial charge in [-0.3, -0.25) is 4.79 Å². The van der Waals surface area contributed by atoms with E-state index in [1.54, 1.807) is 0 Å². The Morgan fingerprint density at radius 3 is 1.25 bits per heavy atom. The van der Waals surface area contributed by atoms with Gasteiger partial charge in [0.2, 0.25) is 5.91 Å². The average Bonchev–Trinajstić information content (AvgIpc) is 3.06. The summed E-state index contributed by atoms with van der Waals surface area (Å²) in [6.07, 6.45) is -33.3.